The van der Waals surface area contributed by atoms with E-state index in [1.807, 2.05) is 0 Å². The molecule has 0 saturated heterocycles. The predicted octanol–water partition coefficient (Wildman–Crippen LogP) is 20.7. The summed E-state index contributed by atoms with van der Waals surface area (Å²) in [5.41, 5.74) is 0. The Balaban J connectivity index is 4.31. The average molecular weight is 1000 g/mol. The number of ether oxygens (including phenoxy) is 3. The van der Waals surface area contributed by atoms with Crippen LogP contribution in [0.15, 0.2) is 85.1 Å². The minimum Gasteiger partial charge on any atom is -0.462 e. The van der Waals surface area contributed by atoms with Crippen molar-refractivity contribution in [2.45, 2.75) is 303 Å². The molecule has 6 heteroatoms. The van der Waals surface area contributed by atoms with Crippen LogP contribution in [0.1, 0.15) is 297 Å². The fourth-order valence-electron chi connectivity index (χ4n) is 8.56. The highest BCUT2D eigenvalue weighted by molar-refractivity contribution is 5.71. The molecule has 0 bridgehead atoms. The third-order valence-electron chi connectivity index (χ3n) is 13.1. The van der Waals surface area contributed by atoms with Gasteiger partial charge < -0.3 is 14.2 Å². The van der Waals surface area contributed by atoms with Crippen molar-refractivity contribution >= 4 is 17.9 Å². The molecule has 0 aliphatic heterocycles. The number of esters is 3. The minimum atomic E-state index is -0.784. The molecule has 0 heterocycles. The fourth-order valence-corrected chi connectivity index (χ4v) is 8.56. The zero-order chi connectivity index (χ0) is 52.2. The van der Waals surface area contributed by atoms with E-state index in [1.165, 1.54) is 148 Å². The zero-order valence-electron chi connectivity index (χ0n) is 47.4. The van der Waals surface area contributed by atoms with E-state index >= 15 is 0 Å². The van der Waals surface area contributed by atoms with Crippen LogP contribution in [0.25, 0.3) is 0 Å². The molecule has 72 heavy (non-hydrogen) atoms. The molecule has 414 valence electrons. The highest BCUT2D eigenvalue weighted by Gasteiger charge is 2.19. The standard InChI is InChI=1S/C66H114O6/c1-4-7-10-13-16-19-22-24-26-28-30-32-33-35-36-38-40-42-44-47-50-53-56-59-65(68)71-62-63(61-70-64(67)58-55-52-49-46-21-18-15-12-9-6-3)72-66(69)60-57-54-51-48-45-43-41-39-37-34-31-29-27-25-23-20-17-14-11-8-5-2/h7,10,16,19,23-26,29-32,37,39,63H,4-6,8-9,11-15,17-18,20-22,27-28,33-36,38,40-62H2,1-3H3/b10-7-,19-16-,25-23-,26-24-,31-29-,32-30-,39-37-. The molecular weight excluding hydrogens is 889 g/mol. The Labute approximate surface area is 445 Å². The molecule has 0 aromatic carbocycles. The summed E-state index contributed by atoms with van der Waals surface area (Å²) >= 11 is 0. The minimum absolute atomic E-state index is 0.0811. The van der Waals surface area contributed by atoms with Crippen LogP contribution in [-0.4, -0.2) is 37.2 Å². The van der Waals surface area contributed by atoms with Crippen LogP contribution in [0.2, 0.25) is 0 Å². The van der Waals surface area contributed by atoms with Crippen molar-refractivity contribution in [2.24, 2.45) is 0 Å². The van der Waals surface area contributed by atoms with Crippen LogP contribution in [0.3, 0.4) is 0 Å². The number of hydrogen-bond donors (Lipinski definition) is 0. The van der Waals surface area contributed by atoms with Crippen LogP contribution in [0.5, 0.6) is 0 Å². The van der Waals surface area contributed by atoms with Gasteiger partial charge in [-0.05, 0) is 96.3 Å². The normalized spacial score (nSPS) is 12.7. The topological polar surface area (TPSA) is 78.9 Å². The molecule has 0 aliphatic carbocycles. The summed E-state index contributed by atoms with van der Waals surface area (Å²) in [6, 6.07) is 0. The smallest absolute Gasteiger partial charge is 0.306 e. The number of rotatable bonds is 55. The largest absolute Gasteiger partial charge is 0.462 e. The Morgan fingerprint density at radius 2 is 0.542 bits per heavy atom. The molecule has 0 amide bonds. The highest BCUT2D eigenvalue weighted by atomic mass is 16.6. The summed E-state index contributed by atoms with van der Waals surface area (Å²) in [6.07, 6.45) is 78.7. The van der Waals surface area contributed by atoms with Gasteiger partial charge in [-0.25, -0.2) is 0 Å². The SMILES string of the molecule is CC/C=C\C/C=C\C/C=C\C/C=C\CCCCCCCCCCCCC(=O)OCC(COC(=O)CCCCCCCCCCCC)OC(=O)CCCCCCCC/C=C\C/C=C\C/C=C\CCCCCCC. The van der Waals surface area contributed by atoms with Crippen molar-refractivity contribution in [3.8, 4) is 0 Å². The molecule has 0 rings (SSSR count). The lowest BCUT2D eigenvalue weighted by Crippen LogP contribution is -2.30. The van der Waals surface area contributed by atoms with Gasteiger partial charge >= 0.3 is 17.9 Å². The van der Waals surface area contributed by atoms with Crippen molar-refractivity contribution in [1.29, 1.82) is 0 Å². The molecule has 0 aliphatic rings. The second-order valence-electron chi connectivity index (χ2n) is 20.2. The molecule has 0 aromatic heterocycles. The predicted molar refractivity (Wildman–Crippen MR) is 311 cm³/mol. The third kappa shape index (κ3) is 57.5. The first-order chi connectivity index (χ1) is 35.5. The van der Waals surface area contributed by atoms with Gasteiger partial charge in [-0.2, -0.15) is 0 Å². The zero-order valence-corrected chi connectivity index (χ0v) is 47.4. The number of allylic oxidation sites excluding steroid dienone is 14. The quantitative estimate of drug-likeness (QED) is 0.0261. The van der Waals surface area contributed by atoms with E-state index in [0.717, 1.165) is 109 Å². The summed E-state index contributed by atoms with van der Waals surface area (Å²) < 4.78 is 16.9. The van der Waals surface area contributed by atoms with Crippen molar-refractivity contribution in [1.82, 2.24) is 0 Å². The maximum Gasteiger partial charge on any atom is 0.306 e. The van der Waals surface area contributed by atoms with Gasteiger partial charge in [0.15, 0.2) is 6.10 Å². The van der Waals surface area contributed by atoms with Crippen LogP contribution in [0, 0.1) is 0 Å². The van der Waals surface area contributed by atoms with E-state index in [4.69, 9.17) is 14.2 Å². The molecule has 0 fully saturated rings. The van der Waals surface area contributed by atoms with Crippen molar-refractivity contribution < 1.29 is 28.6 Å². The number of carbonyl (C=O) groups excluding carboxylic acids is 3. The van der Waals surface area contributed by atoms with Crippen LogP contribution in [0.4, 0.5) is 0 Å². The first kappa shape index (κ1) is 68.6. The molecule has 0 radical (unpaired) electrons. The molecular formula is C66H114O6. The summed E-state index contributed by atoms with van der Waals surface area (Å²) in [4.78, 5) is 38.2. The van der Waals surface area contributed by atoms with Crippen molar-refractivity contribution in [3.05, 3.63) is 85.1 Å². The van der Waals surface area contributed by atoms with Gasteiger partial charge in [0.05, 0.1) is 0 Å². The maximum atomic E-state index is 12.9. The van der Waals surface area contributed by atoms with Gasteiger partial charge in [0.25, 0.3) is 0 Å². The summed E-state index contributed by atoms with van der Waals surface area (Å²) in [5, 5.41) is 0. The second-order valence-corrected chi connectivity index (χ2v) is 20.2. The summed E-state index contributed by atoms with van der Waals surface area (Å²) in [5.74, 6) is -0.891. The van der Waals surface area contributed by atoms with E-state index < -0.39 is 6.10 Å². The van der Waals surface area contributed by atoms with Gasteiger partial charge in [0.2, 0.25) is 0 Å². The summed E-state index contributed by atoms with van der Waals surface area (Å²) in [6.45, 7) is 6.51. The lowest BCUT2D eigenvalue weighted by Gasteiger charge is -2.18. The average Bonchev–Trinajstić information content (AvgIpc) is 3.38. The Bertz CT molecular complexity index is 1380. The lowest BCUT2D eigenvalue weighted by atomic mass is 10.1. The van der Waals surface area contributed by atoms with Gasteiger partial charge in [0.1, 0.15) is 13.2 Å². The Kier molecular flexibility index (Phi) is 57.3. The van der Waals surface area contributed by atoms with Gasteiger partial charge in [-0.1, -0.05) is 266 Å². The molecule has 1 atom stereocenters. The molecule has 0 spiro atoms. The first-order valence-corrected chi connectivity index (χ1v) is 30.6. The summed E-state index contributed by atoms with van der Waals surface area (Å²) in [7, 11) is 0. The van der Waals surface area contributed by atoms with E-state index in [1.54, 1.807) is 0 Å². The molecule has 1 unspecified atom stereocenters. The number of unbranched alkanes of at least 4 members (excludes halogenated alkanes) is 30. The molecule has 6 nitrogen and oxygen atoms in total. The monoisotopic (exact) mass is 1000 g/mol. The van der Waals surface area contributed by atoms with Crippen LogP contribution in [-0.2, 0) is 28.6 Å². The first-order valence-electron chi connectivity index (χ1n) is 30.6. The lowest BCUT2D eigenvalue weighted by molar-refractivity contribution is -0.167. The van der Waals surface area contributed by atoms with Crippen molar-refractivity contribution in [2.75, 3.05) is 13.2 Å². The van der Waals surface area contributed by atoms with Crippen molar-refractivity contribution in [3.63, 3.8) is 0 Å². The maximum absolute atomic E-state index is 12.9. The fraction of sp³-hybridized carbons (Fsp3) is 0.742. The van der Waals surface area contributed by atoms with E-state index in [0.29, 0.717) is 19.3 Å². The van der Waals surface area contributed by atoms with Crippen LogP contribution >= 0.6 is 0 Å². The Hall–Kier alpha value is -3.41. The molecule has 0 saturated carbocycles. The second kappa shape index (κ2) is 60.1. The van der Waals surface area contributed by atoms with E-state index in [-0.39, 0.29) is 31.1 Å². The molecule has 0 aromatic rings. The van der Waals surface area contributed by atoms with E-state index in [2.05, 4.69) is 106 Å². The van der Waals surface area contributed by atoms with Crippen LogP contribution < -0.4 is 0 Å². The van der Waals surface area contributed by atoms with E-state index in [9.17, 15) is 14.4 Å². The Morgan fingerprint density at radius 1 is 0.292 bits per heavy atom. The number of carbonyl (C=O) groups is 3. The van der Waals surface area contributed by atoms with Gasteiger partial charge in [0, 0.05) is 19.3 Å². The third-order valence-corrected chi connectivity index (χ3v) is 13.1. The Morgan fingerprint density at radius 3 is 0.847 bits per heavy atom. The molecule has 0 N–H and O–H groups in total. The number of hydrogen-bond acceptors (Lipinski definition) is 6. The van der Waals surface area contributed by atoms with Gasteiger partial charge in [-0.15, -0.1) is 0 Å². The highest BCUT2D eigenvalue weighted by Crippen LogP contribution is 2.16. The van der Waals surface area contributed by atoms with Gasteiger partial charge in [-0.3, -0.25) is 14.4 Å².